The van der Waals surface area contributed by atoms with E-state index in [0.717, 1.165) is 5.56 Å². The highest BCUT2D eigenvalue weighted by Crippen LogP contribution is 2.37. The summed E-state index contributed by atoms with van der Waals surface area (Å²) in [7, 11) is 0. The number of hydrogen-bond acceptors (Lipinski definition) is 3. The minimum atomic E-state index is 0.255. The Morgan fingerprint density at radius 3 is 2.47 bits per heavy atom. The van der Waals surface area contributed by atoms with Crippen LogP contribution in [-0.4, -0.2) is 18.0 Å². The van der Waals surface area contributed by atoms with Crippen LogP contribution in [0, 0.1) is 0 Å². The van der Waals surface area contributed by atoms with Crippen molar-refractivity contribution in [1.82, 2.24) is 0 Å². The van der Waals surface area contributed by atoms with Crippen LogP contribution >= 0.6 is 0 Å². The van der Waals surface area contributed by atoms with E-state index in [1.165, 1.54) is 0 Å². The minimum absolute atomic E-state index is 0.255. The van der Waals surface area contributed by atoms with E-state index in [0.29, 0.717) is 11.4 Å². The van der Waals surface area contributed by atoms with Crippen LogP contribution in [0.5, 0.6) is 5.75 Å². The zero-order valence-corrected chi connectivity index (χ0v) is 9.36. The Bertz CT molecular complexity index is 395. The van der Waals surface area contributed by atoms with Gasteiger partial charge in [0, 0.05) is 12.3 Å². The van der Waals surface area contributed by atoms with Gasteiger partial charge in [0.2, 0.25) is 0 Å². The van der Waals surface area contributed by atoms with Gasteiger partial charge in [-0.05, 0) is 31.2 Å². The molecule has 1 aromatic rings. The lowest BCUT2D eigenvalue weighted by atomic mass is 10.0. The molecule has 0 aromatic heterocycles. The van der Waals surface area contributed by atoms with E-state index in [1.54, 1.807) is 12.3 Å². The molecule has 3 heteroatoms. The third kappa shape index (κ3) is 2.43. The standard InChI is InChI=1S/C12H16N2O/c1-5-14-11-7-12(15)9(8(2)3)6-10(11)13-4/h5-8,15H,4H2,1-3H3. The van der Waals surface area contributed by atoms with Gasteiger partial charge < -0.3 is 5.11 Å². The van der Waals surface area contributed by atoms with Crippen molar-refractivity contribution in [3.05, 3.63) is 17.7 Å². The first-order chi connectivity index (χ1) is 7.10. The monoisotopic (exact) mass is 204 g/mol. The molecule has 3 nitrogen and oxygen atoms in total. The summed E-state index contributed by atoms with van der Waals surface area (Å²) in [6.07, 6.45) is 1.67. The maximum absolute atomic E-state index is 9.77. The Hall–Kier alpha value is -1.64. The maximum Gasteiger partial charge on any atom is 0.121 e. The van der Waals surface area contributed by atoms with E-state index in [-0.39, 0.29) is 11.7 Å². The van der Waals surface area contributed by atoms with Crippen LogP contribution in [0.25, 0.3) is 0 Å². The van der Waals surface area contributed by atoms with Gasteiger partial charge in [-0.3, -0.25) is 9.98 Å². The topological polar surface area (TPSA) is 45.0 Å². The first-order valence-corrected chi connectivity index (χ1v) is 4.92. The number of phenols is 1. The Morgan fingerprint density at radius 2 is 2.00 bits per heavy atom. The Kier molecular flexibility index (Phi) is 3.61. The van der Waals surface area contributed by atoms with Gasteiger partial charge >= 0.3 is 0 Å². The lowest BCUT2D eigenvalue weighted by molar-refractivity contribution is 0.465. The third-order valence-electron chi connectivity index (χ3n) is 2.18. The van der Waals surface area contributed by atoms with Crippen molar-refractivity contribution in [3.8, 4) is 5.75 Å². The molecule has 80 valence electrons. The van der Waals surface area contributed by atoms with E-state index >= 15 is 0 Å². The fourth-order valence-electron chi connectivity index (χ4n) is 1.41. The van der Waals surface area contributed by atoms with Crippen molar-refractivity contribution in [2.24, 2.45) is 9.98 Å². The molecule has 0 atom stereocenters. The molecule has 1 aromatic carbocycles. The zero-order chi connectivity index (χ0) is 11.4. The van der Waals surface area contributed by atoms with Gasteiger partial charge in [-0.1, -0.05) is 13.8 Å². The van der Waals surface area contributed by atoms with Crippen molar-refractivity contribution < 1.29 is 5.11 Å². The lowest BCUT2D eigenvalue weighted by Gasteiger charge is -2.10. The zero-order valence-electron chi connectivity index (χ0n) is 9.36. The van der Waals surface area contributed by atoms with Crippen LogP contribution in [0.4, 0.5) is 11.4 Å². The highest BCUT2D eigenvalue weighted by atomic mass is 16.3. The van der Waals surface area contributed by atoms with Crippen molar-refractivity contribution >= 4 is 24.3 Å². The van der Waals surface area contributed by atoms with Crippen LogP contribution in [-0.2, 0) is 0 Å². The number of rotatable bonds is 3. The quantitative estimate of drug-likeness (QED) is 0.751. The smallest absolute Gasteiger partial charge is 0.121 e. The molecule has 0 spiro atoms. The SMILES string of the molecule is C=Nc1cc(C(C)C)c(O)cc1N=CC. The number of benzene rings is 1. The Labute approximate surface area is 90.2 Å². The molecule has 0 saturated heterocycles. The molecule has 0 unspecified atom stereocenters. The predicted octanol–water partition coefficient (Wildman–Crippen LogP) is 3.57. The molecule has 0 aliphatic heterocycles. The molecule has 1 N–H and O–H groups in total. The average molecular weight is 204 g/mol. The van der Waals surface area contributed by atoms with Gasteiger partial charge in [0.1, 0.15) is 5.75 Å². The molecule has 0 aliphatic carbocycles. The molecule has 0 saturated carbocycles. The number of aliphatic imine (C=N–C) groups is 2. The predicted molar refractivity (Wildman–Crippen MR) is 65.2 cm³/mol. The number of hydrogen-bond donors (Lipinski definition) is 1. The molecule has 0 radical (unpaired) electrons. The van der Waals surface area contributed by atoms with E-state index in [9.17, 15) is 5.11 Å². The van der Waals surface area contributed by atoms with Crippen molar-refractivity contribution in [2.45, 2.75) is 26.7 Å². The second-order valence-corrected chi connectivity index (χ2v) is 3.60. The summed E-state index contributed by atoms with van der Waals surface area (Å²) in [6.45, 7) is 9.36. The van der Waals surface area contributed by atoms with E-state index < -0.39 is 0 Å². The largest absolute Gasteiger partial charge is 0.508 e. The molecular formula is C12H16N2O. The Balaban J connectivity index is 3.35. The van der Waals surface area contributed by atoms with Gasteiger partial charge in [0.15, 0.2) is 0 Å². The van der Waals surface area contributed by atoms with Gasteiger partial charge in [0.05, 0.1) is 11.4 Å². The summed E-state index contributed by atoms with van der Waals surface area (Å²) in [5, 5.41) is 9.77. The van der Waals surface area contributed by atoms with Crippen LogP contribution in [0.1, 0.15) is 32.3 Å². The third-order valence-corrected chi connectivity index (χ3v) is 2.18. The van der Waals surface area contributed by atoms with Gasteiger partial charge in [0.25, 0.3) is 0 Å². The summed E-state index contributed by atoms with van der Waals surface area (Å²) in [5.41, 5.74) is 2.22. The van der Waals surface area contributed by atoms with Gasteiger partial charge in [-0.2, -0.15) is 0 Å². The highest BCUT2D eigenvalue weighted by Gasteiger charge is 2.10. The molecule has 0 amide bonds. The fourth-order valence-corrected chi connectivity index (χ4v) is 1.41. The Morgan fingerprint density at radius 1 is 1.33 bits per heavy atom. The molecular weight excluding hydrogens is 188 g/mol. The molecule has 0 bridgehead atoms. The first kappa shape index (κ1) is 11.4. The van der Waals surface area contributed by atoms with E-state index in [1.807, 2.05) is 26.8 Å². The molecule has 0 fully saturated rings. The van der Waals surface area contributed by atoms with E-state index in [4.69, 9.17) is 0 Å². The highest BCUT2D eigenvalue weighted by molar-refractivity contribution is 5.73. The number of aromatic hydroxyl groups is 1. The van der Waals surface area contributed by atoms with Crippen LogP contribution in [0.3, 0.4) is 0 Å². The fraction of sp³-hybridized carbons (Fsp3) is 0.333. The first-order valence-electron chi connectivity index (χ1n) is 4.92. The van der Waals surface area contributed by atoms with Crippen LogP contribution in [0.15, 0.2) is 22.1 Å². The summed E-state index contributed by atoms with van der Waals surface area (Å²) < 4.78 is 0. The average Bonchev–Trinajstić information content (AvgIpc) is 2.18. The second-order valence-electron chi connectivity index (χ2n) is 3.60. The lowest BCUT2D eigenvalue weighted by Crippen LogP contribution is -1.88. The summed E-state index contributed by atoms with van der Waals surface area (Å²) >= 11 is 0. The molecule has 0 aliphatic rings. The van der Waals surface area contributed by atoms with Crippen molar-refractivity contribution in [2.75, 3.05) is 0 Å². The van der Waals surface area contributed by atoms with Crippen molar-refractivity contribution in [1.29, 1.82) is 0 Å². The normalized spacial score (nSPS) is 11.2. The van der Waals surface area contributed by atoms with Crippen molar-refractivity contribution in [3.63, 3.8) is 0 Å². The number of nitrogens with zero attached hydrogens (tertiary/aromatic N) is 2. The second kappa shape index (κ2) is 4.73. The molecule has 15 heavy (non-hydrogen) atoms. The number of phenolic OH excluding ortho intramolecular Hbond substituents is 1. The van der Waals surface area contributed by atoms with Gasteiger partial charge in [-0.25, -0.2) is 0 Å². The maximum atomic E-state index is 9.77. The minimum Gasteiger partial charge on any atom is -0.508 e. The summed E-state index contributed by atoms with van der Waals surface area (Å²) in [4.78, 5) is 8.02. The van der Waals surface area contributed by atoms with E-state index in [2.05, 4.69) is 16.7 Å². The molecule has 1 rings (SSSR count). The van der Waals surface area contributed by atoms with Crippen LogP contribution in [0.2, 0.25) is 0 Å². The summed E-state index contributed by atoms with van der Waals surface area (Å²) in [6, 6.07) is 3.45. The molecule has 0 heterocycles. The summed E-state index contributed by atoms with van der Waals surface area (Å²) in [5.74, 6) is 0.517. The van der Waals surface area contributed by atoms with Gasteiger partial charge in [-0.15, -0.1) is 0 Å². The van der Waals surface area contributed by atoms with Crippen LogP contribution < -0.4 is 0 Å².